The lowest BCUT2D eigenvalue weighted by atomic mass is 9.85. The van der Waals surface area contributed by atoms with Crippen LogP contribution in [0.25, 0.3) is 11.1 Å². The van der Waals surface area contributed by atoms with E-state index in [0.29, 0.717) is 41.8 Å². The summed E-state index contributed by atoms with van der Waals surface area (Å²) in [5.74, 6) is 1.00. The van der Waals surface area contributed by atoms with Gasteiger partial charge in [0.25, 0.3) is 5.91 Å². The van der Waals surface area contributed by atoms with Crippen LogP contribution in [-0.2, 0) is 26.9 Å². The Morgan fingerprint density at radius 1 is 1.13 bits per heavy atom. The fourth-order valence-corrected chi connectivity index (χ4v) is 6.58. The normalized spacial score (nSPS) is 16.4. The summed E-state index contributed by atoms with van der Waals surface area (Å²) in [6.45, 7) is 4.31. The summed E-state index contributed by atoms with van der Waals surface area (Å²) >= 11 is 1.55. The van der Waals surface area contributed by atoms with E-state index in [1.807, 2.05) is 56.5 Å². The number of rotatable bonds is 15. The van der Waals surface area contributed by atoms with Gasteiger partial charge in [-0.2, -0.15) is 11.8 Å². The van der Waals surface area contributed by atoms with E-state index in [1.165, 1.54) is 32.1 Å². The molecule has 1 aliphatic rings. The number of carbonyl (C=O) groups is 2. The molecule has 1 unspecified atom stereocenters. The summed E-state index contributed by atoms with van der Waals surface area (Å²) in [5.41, 5.74) is 4.07. The minimum Gasteiger partial charge on any atom is -0.480 e. The van der Waals surface area contributed by atoms with Crippen molar-refractivity contribution in [1.82, 2.24) is 5.32 Å². The van der Waals surface area contributed by atoms with Gasteiger partial charge in [-0.25, -0.2) is 4.79 Å². The number of aryl methyl sites for hydroxylation is 1. The van der Waals surface area contributed by atoms with Crippen LogP contribution in [0, 0.1) is 12.8 Å². The van der Waals surface area contributed by atoms with Crippen molar-refractivity contribution >= 4 is 34.4 Å². The lowest BCUT2D eigenvalue weighted by Gasteiger charge is -2.26. The molecule has 0 aliphatic heterocycles. The van der Waals surface area contributed by atoms with E-state index >= 15 is 0 Å². The SMILES string of the molecule is CCS(=O)C[C@H](CC1CCCCC1)OCc1ccc(C(=O)N[C@@H](CCSC)C(=O)O)c(-c2ccccc2C)c1. The standard InChI is InChI=1S/C31H43NO5S2/c1-4-39(36)21-25(18-23-11-6-5-7-12-23)37-20-24-14-15-27(28(19-24)26-13-9-8-10-22(26)2)30(33)32-29(31(34)35)16-17-38-3/h8-10,13-15,19,23,25,29H,4-7,11-12,16-18,20-21H2,1-3H3,(H,32,33)(H,34,35)/t25-,29-,39?/m0/s1. The van der Waals surface area contributed by atoms with Gasteiger partial charge in [-0.1, -0.05) is 69.4 Å². The first-order valence-electron chi connectivity index (χ1n) is 14.0. The highest BCUT2D eigenvalue weighted by Gasteiger charge is 2.24. The molecule has 0 bridgehead atoms. The van der Waals surface area contributed by atoms with Crippen molar-refractivity contribution in [2.45, 2.75) is 77.5 Å². The molecule has 214 valence electrons. The first-order chi connectivity index (χ1) is 18.8. The van der Waals surface area contributed by atoms with E-state index in [-0.39, 0.29) is 6.10 Å². The van der Waals surface area contributed by atoms with Gasteiger partial charge in [-0.3, -0.25) is 9.00 Å². The third-order valence-corrected chi connectivity index (χ3v) is 9.51. The Morgan fingerprint density at radius 3 is 2.54 bits per heavy atom. The van der Waals surface area contributed by atoms with E-state index in [2.05, 4.69) is 5.32 Å². The highest BCUT2D eigenvalue weighted by atomic mass is 32.2. The predicted molar refractivity (Wildman–Crippen MR) is 162 cm³/mol. The largest absolute Gasteiger partial charge is 0.480 e. The first-order valence-corrected chi connectivity index (χ1v) is 16.9. The Hall–Kier alpha value is -2.16. The number of carboxylic acids is 1. The van der Waals surface area contributed by atoms with Crippen LogP contribution in [0.3, 0.4) is 0 Å². The van der Waals surface area contributed by atoms with Crippen molar-refractivity contribution in [1.29, 1.82) is 0 Å². The Labute approximate surface area is 240 Å². The molecule has 1 fully saturated rings. The molecular formula is C31H43NO5S2. The Balaban J connectivity index is 1.84. The minimum absolute atomic E-state index is 0.0634. The van der Waals surface area contributed by atoms with Crippen LogP contribution >= 0.6 is 11.8 Å². The monoisotopic (exact) mass is 573 g/mol. The second-order valence-corrected chi connectivity index (χ2v) is 13.2. The fraction of sp³-hybridized carbons (Fsp3) is 0.548. The molecule has 2 N–H and O–H groups in total. The highest BCUT2D eigenvalue weighted by molar-refractivity contribution is 7.98. The molecule has 0 radical (unpaired) electrons. The predicted octanol–water partition coefficient (Wildman–Crippen LogP) is 6.22. The number of nitrogens with one attached hydrogen (secondary N) is 1. The molecule has 8 heteroatoms. The van der Waals surface area contributed by atoms with Gasteiger partial charge in [0.1, 0.15) is 6.04 Å². The number of amides is 1. The zero-order valence-corrected chi connectivity index (χ0v) is 25.1. The van der Waals surface area contributed by atoms with Crippen molar-refractivity contribution in [3.63, 3.8) is 0 Å². The Kier molecular flexibility index (Phi) is 13.0. The Morgan fingerprint density at radius 2 is 1.87 bits per heavy atom. The quantitative estimate of drug-likeness (QED) is 0.263. The Bertz CT molecular complexity index is 1120. The average Bonchev–Trinajstić information content (AvgIpc) is 2.94. The summed E-state index contributed by atoms with van der Waals surface area (Å²) in [4.78, 5) is 25.1. The molecule has 3 rings (SSSR count). The molecule has 1 amide bonds. The van der Waals surface area contributed by atoms with Gasteiger partial charge in [-0.05, 0) is 72.1 Å². The van der Waals surface area contributed by atoms with Crippen molar-refractivity contribution < 1.29 is 23.6 Å². The maximum absolute atomic E-state index is 13.3. The van der Waals surface area contributed by atoms with Crippen LogP contribution < -0.4 is 5.32 Å². The second kappa shape index (κ2) is 16.2. The maximum atomic E-state index is 13.3. The summed E-state index contributed by atoms with van der Waals surface area (Å²) < 4.78 is 18.8. The number of thioether (sulfide) groups is 1. The van der Waals surface area contributed by atoms with Crippen molar-refractivity contribution in [2.75, 3.05) is 23.5 Å². The molecule has 0 heterocycles. The molecule has 2 aromatic carbocycles. The molecule has 2 aromatic rings. The lowest BCUT2D eigenvalue weighted by Crippen LogP contribution is -2.41. The summed E-state index contributed by atoms with van der Waals surface area (Å²) in [5, 5.41) is 12.4. The van der Waals surface area contributed by atoms with Gasteiger partial charge in [0.2, 0.25) is 0 Å². The molecule has 1 saturated carbocycles. The van der Waals surface area contributed by atoms with Crippen molar-refractivity contribution in [3.05, 3.63) is 59.2 Å². The average molecular weight is 574 g/mol. The minimum atomic E-state index is -1.03. The number of benzene rings is 2. The molecule has 1 aliphatic carbocycles. The van der Waals surface area contributed by atoms with E-state index in [4.69, 9.17) is 4.74 Å². The number of hydrogen-bond donors (Lipinski definition) is 2. The highest BCUT2D eigenvalue weighted by Crippen LogP contribution is 2.31. The number of carboxylic acid groups (broad SMARTS) is 1. The zero-order valence-electron chi connectivity index (χ0n) is 23.4. The maximum Gasteiger partial charge on any atom is 0.326 e. The van der Waals surface area contributed by atoms with E-state index in [9.17, 15) is 18.9 Å². The van der Waals surface area contributed by atoms with Gasteiger partial charge in [0.15, 0.2) is 0 Å². The number of ether oxygens (including phenoxy) is 1. The van der Waals surface area contributed by atoms with Gasteiger partial charge in [0.05, 0.1) is 12.7 Å². The molecule has 0 saturated heterocycles. The van der Waals surface area contributed by atoms with Crippen molar-refractivity contribution in [2.24, 2.45) is 5.92 Å². The van der Waals surface area contributed by atoms with Gasteiger partial charge < -0.3 is 15.2 Å². The molecule has 6 nitrogen and oxygen atoms in total. The number of carbonyl (C=O) groups excluding carboxylic acids is 1. The molecule has 0 spiro atoms. The number of hydrogen-bond acceptors (Lipinski definition) is 5. The van der Waals surface area contributed by atoms with Gasteiger partial charge in [0, 0.05) is 27.9 Å². The third-order valence-electron chi connectivity index (χ3n) is 7.48. The second-order valence-electron chi connectivity index (χ2n) is 10.4. The smallest absolute Gasteiger partial charge is 0.326 e. The van der Waals surface area contributed by atoms with Crippen LogP contribution in [0.15, 0.2) is 42.5 Å². The molecular weight excluding hydrogens is 530 g/mol. The van der Waals surface area contributed by atoms with Crippen LogP contribution in [-0.4, -0.2) is 56.9 Å². The first kappa shape index (κ1) is 31.4. The van der Waals surface area contributed by atoms with Crippen LogP contribution in [0.5, 0.6) is 0 Å². The van der Waals surface area contributed by atoms with Crippen LogP contribution in [0.2, 0.25) is 0 Å². The molecule has 3 atom stereocenters. The van der Waals surface area contributed by atoms with E-state index < -0.39 is 28.7 Å². The van der Waals surface area contributed by atoms with Gasteiger partial charge in [-0.15, -0.1) is 0 Å². The molecule has 39 heavy (non-hydrogen) atoms. The van der Waals surface area contributed by atoms with E-state index in [0.717, 1.165) is 28.7 Å². The summed E-state index contributed by atoms with van der Waals surface area (Å²) in [7, 11) is -0.906. The third kappa shape index (κ3) is 9.76. The topological polar surface area (TPSA) is 92.7 Å². The van der Waals surface area contributed by atoms with Gasteiger partial charge >= 0.3 is 5.97 Å². The zero-order chi connectivity index (χ0) is 28.2. The lowest BCUT2D eigenvalue weighted by molar-refractivity contribution is -0.139. The number of aliphatic carboxylic acids is 1. The van der Waals surface area contributed by atoms with Crippen LogP contribution in [0.1, 0.15) is 73.4 Å². The van der Waals surface area contributed by atoms with Crippen LogP contribution in [0.4, 0.5) is 0 Å². The summed E-state index contributed by atoms with van der Waals surface area (Å²) in [6, 6.07) is 12.5. The summed E-state index contributed by atoms with van der Waals surface area (Å²) in [6.07, 6.45) is 9.40. The fourth-order valence-electron chi connectivity index (χ4n) is 5.22. The van der Waals surface area contributed by atoms with Crippen molar-refractivity contribution in [3.8, 4) is 11.1 Å². The van der Waals surface area contributed by atoms with E-state index in [1.54, 1.807) is 17.8 Å². The molecule has 0 aromatic heterocycles.